The quantitative estimate of drug-likeness (QED) is 0.408. The van der Waals surface area contributed by atoms with Crippen LogP contribution in [-0.4, -0.2) is 29.3 Å². The van der Waals surface area contributed by atoms with Gasteiger partial charge in [0.1, 0.15) is 5.22 Å². The van der Waals surface area contributed by atoms with Crippen molar-refractivity contribution in [3.63, 3.8) is 0 Å². The van der Waals surface area contributed by atoms with Crippen LogP contribution in [0.2, 0.25) is 19.6 Å². The lowest BCUT2D eigenvalue weighted by atomic mass is 10.4. The fourth-order valence-corrected chi connectivity index (χ4v) is 4.06. The molecule has 0 aromatic carbocycles. The topological polar surface area (TPSA) is 35.5 Å². The lowest BCUT2D eigenvalue weighted by Gasteiger charge is -2.28. The van der Waals surface area contributed by atoms with Gasteiger partial charge in [-0.15, -0.1) is 0 Å². The molecule has 82 valence electrons. The number of rotatable bonds is 5. The minimum absolute atomic E-state index is 0.373. The summed E-state index contributed by atoms with van der Waals surface area (Å²) in [5, 5.41) is -0.439. The Kier molecular flexibility index (Phi) is 4.76. The second-order valence-corrected chi connectivity index (χ2v) is 12.2. The van der Waals surface area contributed by atoms with Gasteiger partial charge in [-0.25, -0.2) is 4.79 Å². The summed E-state index contributed by atoms with van der Waals surface area (Å²) in [5.41, 5.74) is 0. The normalized spacial score (nSPS) is 13.2. The zero-order valence-corrected chi connectivity index (χ0v) is 12.1. The monoisotopic (exact) mass is 232 g/mol. The van der Waals surface area contributed by atoms with Gasteiger partial charge in [0, 0.05) is 6.08 Å². The minimum Gasteiger partial charge on any atom is -0.458 e. The van der Waals surface area contributed by atoms with Gasteiger partial charge in [0.2, 0.25) is 0 Å². The predicted molar refractivity (Wildman–Crippen MR) is 63.3 cm³/mol. The van der Waals surface area contributed by atoms with Gasteiger partial charge >= 0.3 is 5.97 Å². The van der Waals surface area contributed by atoms with Crippen molar-refractivity contribution in [3.05, 3.63) is 12.7 Å². The van der Waals surface area contributed by atoms with E-state index in [2.05, 4.69) is 26.2 Å². The molecule has 3 nitrogen and oxygen atoms in total. The van der Waals surface area contributed by atoms with Gasteiger partial charge in [-0.05, 0) is 33.5 Å². The van der Waals surface area contributed by atoms with Crippen LogP contribution in [0.15, 0.2) is 12.7 Å². The maximum atomic E-state index is 11.0. The molecule has 0 heterocycles. The standard InChI is InChI=1S/C9H20O3Si2/c1-7-8(10)11-9(2,3)13-12-14(4,5)6/h7H,1,13H2,2-6H3. The summed E-state index contributed by atoms with van der Waals surface area (Å²) in [6.07, 6.45) is 1.19. The van der Waals surface area contributed by atoms with E-state index in [0.29, 0.717) is 0 Å². The van der Waals surface area contributed by atoms with Gasteiger partial charge in [0.05, 0.1) is 0 Å². The molecule has 0 unspecified atom stereocenters. The summed E-state index contributed by atoms with van der Waals surface area (Å²) in [6.45, 7) is 13.5. The molecule has 0 aliphatic rings. The number of hydrogen-bond acceptors (Lipinski definition) is 3. The van der Waals surface area contributed by atoms with Gasteiger partial charge in [0.15, 0.2) is 18.1 Å². The Labute approximate surface area is 89.6 Å². The zero-order chi connectivity index (χ0) is 11.4. The molecule has 0 N–H and O–H groups in total. The molecule has 0 amide bonds. The van der Waals surface area contributed by atoms with Crippen molar-refractivity contribution < 1.29 is 13.6 Å². The van der Waals surface area contributed by atoms with E-state index < -0.39 is 23.3 Å². The molecule has 14 heavy (non-hydrogen) atoms. The van der Waals surface area contributed by atoms with Crippen LogP contribution in [0.5, 0.6) is 0 Å². The Balaban J connectivity index is 4.07. The summed E-state index contributed by atoms with van der Waals surface area (Å²) in [6, 6.07) is 0. The highest BCUT2D eigenvalue weighted by molar-refractivity contribution is 6.74. The first-order valence-electron chi connectivity index (χ1n) is 4.66. The molecule has 0 rings (SSSR count). The van der Waals surface area contributed by atoms with Gasteiger partial charge in [-0.1, -0.05) is 6.58 Å². The average molecular weight is 232 g/mol. The van der Waals surface area contributed by atoms with Crippen LogP contribution in [0, 0.1) is 0 Å². The van der Waals surface area contributed by atoms with Crippen LogP contribution in [0.4, 0.5) is 0 Å². The molecule has 0 radical (unpaired) electrons. The molecule has 0 aromatic heterocycles. The molecule has 0 aliphatic carbocycles. The van der Waals surface area contributed by atoms with Crippen LogP contribution in [0.1, 0.15) is 13.8 Å². The third kappa shape index (κ3) is 7.05. The Bertz CT molecular complexity index is 219. The van der Waals surface area contributed by atoms with Gasteiger partial charge in [-0.2, -0.15) is 0 Å². The highest BCUT2D eigenvalue weighted by Crippen LogP contribution is 2.12. The summed E-state index contributed by atoms with van der Waals surface area (Å²) >= 11 is 0. The van der Waals surface area contributed by atoms with Crippen LogP contribution >= 0.6 is 0 Å². The highest BCUT2D eigenvalue weighted by atomic mass is 28.4. The first kappa shape index (κ1) is 13.6. The molecular weight excluding hydrogens is 212 g/mol. The SMILES string of the molecule is C=CC(=O)OC(C)(C)[SiH2]O[Si](C)(C)C. The largest absolute Gasteiger partial charge is 0.458 e. The highest BCUT2D eigenvalue weighted by Gasteiger charge is 2.26. The fraction of sp³-hybridized carbons (Fsp3) is 0.667. The van der Waals surface area contributed by atoms with Gasteiger partial charge in [0.25, 0.3) is 0 Å². The number of esters is 1. The fourth-order valence-electron chi connectivity index (χ4n) is 0.734. The number of hydrogen-bond donors (Lipinski definition) is 0. The number of ether oxygens (including phenoxy) is 1. The summed E-state index contributed by atoms with van der Waals surface area (Å²) in [5.74, 6) is -0.373. The van der Waals surface area contributed by atoms with E-state index in [0.717, 1.165) is 0 Å². The average Bonchev–Trinajstić information content (AvgIpc) is 1.99. The van der Waals surface area contributed by atoms with Gasteiger partial charge in [-0.3, -0.25) is 0 Å². The van der Waals surface area contributed by atoms with Crippen molar-refractivity contribution in [3.8, 4) is 0 Å². The van der Waals surface area contributed by atoms with Gasteiger partial charge < -0.3 is 8.85 Å². The van der Waals surface area contributed by atoms with E-state index in [9.17, 15) is 4.79 Å². The van der Waals surface area contributed by atoms with E-state index in [4.69, 9.17) is 8.85 Å². The van der Waals surface area contributed by atoms with Crippen molar-refractivity contribution in [2.45, 2.75) is 38.7 Å². The summed E-state index contributed by atoms with van der Waals surface area (Å²) < 4.78 is 11.0. The molecule has 5 heteroatoms. The zero-order valence-electron chi connectivity index (χ0n) is 9.72. The molecule has 0 fully saturated rings. The third-order valence-corrected chi connectivity index (χ3v) is 6.28. The molecule has 0 aromatic rings. The second-order valence-electron chi connectivity index (χ2n) is 4.79. The summed E-state index contributed by atoms with van der Waals surface area (Å²) in [4.78, 5) is 11.0. The Morgan fingerprint density at radius 1 is 1.43 bits per heavy atom. The van der Waals surface area contributed by atoms with E-state index in [1.807, 2.05) is 13.8 Å². The van der Waals surface area contributed by atoms with E-state index in [1.165, 1.54) is 6.08 Å². The van der Waals surface area contributed by atoms with Crippen molar-refractivity contribution in [1.29, 1.82) is 0 Å². The lowest BCUT2D eigenvalue weighted by Crippen LogP contribution is -2.41. The Morgan fingerprint density at radius 3 is 2.29 bits per heavy atom. The van der Waals surface area contributed by atoms with Crippen LogP contribution in [0.25, 0.3) is 0 Å². The molecule has 0 aliphatic heterocycles. The van der Waals surface area contributed by atoms with Crippen molar-refractivity contribution in [2.75, 3.05) is 0 Å². The molecular formula is C9H20O3Si2. The maximum absolute atomic E-state index is 11.0. The molecule has 0 saturated carbocycles. The van der Waals surface area contributed by atoms with Crippen molar-refractivity contribution in [1.82, 2.24) is 0 Å². The summed E-state index contributed by atoms with van der Waals surface area (Å²) in [7, 11) is -2.33. The Morgan fingerprint density at radius 2 is 1.93 bits per heavy atom. The first-order valence-corrected chi connectivity index (χ1v) is 9.35. The lowest BCUT2D eigenvalue weighted by molar-refractivity contribution is -0.144. The molecule has 0 bridgehead atoms. The van der Waals surface area contributed by atoms with E-state index in [-0.39, 0.29) is 5.97 Å². The van der Waals surface area contributed by atoms with Crippen LogP contribution < -0.4 is 0 Å². The molecule has 0 atom stereocenters. The second kappa shape index (κ2) is 4.90. The third-order valence-electron chi connectivity index (χ3n) is 1.40. The van der Waals surface area contributed by atoms with Crippen LogP contribution in [0.3, 0.4) is 0 Å². The van der Waals surface area contributed by atoms with Crippen molar-refractivity contribution >= 4 is 24.0 Å². The number of carbonyl (C=O) groups is 1. The minimum atomic E-state index is -1.48. The molecule has 0 spiro atoms. The van der Waals surface area contributed by atoms with Crippen LogP contribution in [-0.2, 0) is 13.6 Å². The smallest absolute Gasteiger partial charge is 0.330 e. The number of carbonyl (C=O) groups excluding carboxylic acids is 1. The van der Waals surface area contributed by atoms with E-state index in [1.54, 1.807) is 0 Å². The van der Waals surface area contributed by atoms with E-state index >= 15 is 0 Å². The predicted octanol–water partition coefficient (Wildman–Crippen LogP) is 1.39. The first-order chi connectivity index (χ1) is 6.16. The van der Waals surface area contributed by atoms with Crippen molar-refractivity contribution in [2.24, 2.45) is 0 Å². The maximum Gasteiger partial charge on any atom is 0.330 e. The Hall–Kier alpha value is -0.396. The molecule has 0 saturated heterocycles.